The average Bonchev–Trinajstić information content (AvgIpc) is 2.71. The smallest absolute Gasteiger partial charge is 0.349 e. The zero-order valence-corrected chi connectivity index (χ0v) is 17.0. The first kappa shape index (κ1) is 18.9. The molecule has 3 heterocycles. The van der Waals surface area contributed by atoms with E-state index in [0.717, 1.165) is 29.5 Å². The minimum Gasteiger partial charge on any atom is -0.441 e. The summed E-state index contributed by atoms with van der Waals surface area (Å²) >= 11 is 2.18. The Morgan fingerprint density at radius 1 is 1.04 bits per heavy atom. The lowest BCUT2D eigenvalue weighted by atomic mass is 9.84. The lowest BCUT2D eigenvalue weighted by Gasteiger charge is -2.48. The van der Waals surface area contributed by atoms with E-state index < -0.39 is 23.9 Å². The summed E-state index contributed by atoms with van der Waals surface area (Å²) < 4.78 is 6.73. The van der Waals surface area contributed by atoms with Gasteiger partial charge in [0, 0.05) is 16.7 Å². The standard InChI is InChI=1S/C21H22INO4/c22-17-8-6-16(7-9-17)21(26,15-4-2-1-3-5-15)20(25)27-19-18(24)14-10-12-23(19)13-11-14/h1-9,14,18-19,24,26H,10-13H2. The van der Waals surface area contributed by atoms with Crippen LogP contribution in [0.2, 0.25) is 0 Å². The fraction of sp³-hybridized carbons (Fsp3) is 0.381. The second-order valence-electron chi connectivity index (χ2n) is 7.24. The lowest BCUT2D eigenvalue weighted by Crippen LogP contribution is -2.60. The molecular formula is C21H22INO4. The van der Waals surface area contributed by atoms with Crippen molar-refractivity contribution in [3.63, 3.8) is 0 Å². The lowest BCUT2D eigenvalue weighted by molar-refractivity contribution is -0.212. The number of benzene rings is 2. The highest BCUT2D eigenvalue weighted by molar-refractivity contribution is 14.1. The number of aliphatic hydroxyl groups is 2. The molecule has 3 unspecified atom stereocenters. The van der Waals surface area contributed by atoms with Crippen molar-refractivity contribution in [1.29, 1.82) is 0 Å². The monoisotopic (exact) mass is 479 g/mol. The van der Waals surface area contributed by atoms with Gasteiger partial charge in [-0.3, -0.25) is 4.90 Å². The highest BCUT2D eigenvalue weighted by Gasteiger charge is 2.48. The van der Waals surface area contributed by atoms with Gasteiger partial charge in [0.1, 0.15) is 6.10 Å². The third-order valence-corrected chi connectivity index (χ3v) is 6.41. The Bertz CT molecular complexity index is 803. The fourth-order valence-corrected chi connectivity index (χ4v) is 4.44. The van der Waals surface area contributed by atoms with E-state index in [1.165, 1.54) is 0 Å². The van der Waals surface area contributed by atoms with Crippen molar-refractivity contribution in [3.8, 4) is 0 Å². The molecule has 0 amide bonds. The van der Waals surface area contributed by atoms with Crippen molar-refractivity contribution < 1.29 is 19.7 Å². The Hall–Kier alpha value is -1.48. The Morgan fingerprint density at radius 2 is 1.63 bits per heavy atom. The number of carbonyl (C=O) groups excluding carboxylic acids is 1. The topological polar surface area (TPSA) is 70.0 Å². The van der Waals surface area contributed by atoms with E-state index in [-0.39, 0.29) is 5.92 Å². The summed E-state index contributed by atoms with van der Waals surface area (Å²) in [6.07, 6.45) is 0.405. The molecule has 2 aromatic carbocycles. The summed E-state index contributed by atoms with van der Waals surface area (Å²) in [5.74, 6) is -0.609. The summed E-state index contributed by atoms with van der Waals surface area (Å²) in [5.41, 5.74) is -1.03. The van der Waals surface area contributed by atoms with Gasteiger partial charge in [0.15, 0.2) is 6.23 Å². The number of fused-ring (bicyclic) bond motifs is 3. The number of nitrogens with zero attached hydrogens (tertiary/aromatic N) is 1. The van der Waals surface area contributed by atoms with Gasteiger partial charge in [-0.15, -0.1) is 0 Å². The molecule has 0 aromatic heterocycles. The first-order valence-corrected chi connectivity index (χ1v) is 10.2. The molecule has 2 bridgehead atoms. The second kappa shape index (κ2) is 7.50. The van der Waals surface area contributed by atoms with Crippen LogP contribution in [0.15, 0.2) is 54.6 Å². The normalized spacial score (nSPS) is 29.1. The number of ether oxygens (including phenoxy) is 1. The zero-order chi connectivity index (χ0) is 19.0. The number of esters is 1. The first-order chi connectivity index (χ1) is 13.0. The molecule has 3 aliphatic heterocycles. The number of rotatable bonds is 4. The Labute approximate surface area is 172 Å². The maximum atomic E-state index is 13.2. The summed E-state index contributed by atoms with van der Waals surface area (Å²) in [5, 5.41) is 22.1. The molecule has 3 atom stereocenters. The fourth-order valence-electron chi connectivity index (χ4n) is 4.08. The maximum Gasteiger partial charge on any atom is 0.349 e. The number of halogens is 1. The van der Waals surface area contributed by atoms with Crippen LogP contribution >= 0.6 is 22.6 Å². The number of hydrogen-bond acceptors (Lipinski definition) is 5. The van der Waals surface area contributed by atoms with Crippen LogP contribution in [0.1, 0.15) is 24.0 Å². The molecule has 2 N–H and O–H groups in total. The van der Waals surface area contributed by atoms with E-state index in [0.29, 0.717) is 11.1 Å². The molecule has 3 aliphatic rings. The summed E-state index contributed by atoms with van der Waals surface area (Å²) in [6, 6.07) is 16.0. The van der Waals surface area contributed by atoms with Gasteiger partial charge in [-0.2, -0.15) is 0 Å². The molecule has 0 saturated carbocycles. The molecule has 5 nitrogen and oxygen atoms in total. The molecule has 5 rings (SSSR count). The first-order valence-electron chi connectivity index (χ1n) is 9.17. The van der Waals surface area contributed by atoms with Gasteiger partial charge in [-0.05, 0) is 64.6 Å². The van der Waals surface area contributed by atoms with Crippen LogP contribution in [0.5, 0.6) is 0 Å². The number of aliphatic hydroxyl groups excluding tert-OH is 1. The molecule has 3 fully saturated rings. The highest BCUT2D eigenvalue weighted by atomic mass is 127. The van der Waals surface area contributed by atoms with Crippen LogP contribution in [0.4, 0.5) is 0 Å². The molecular weight excluding hydrogens is 457 g/mol. The maximum absolute atomic E-state index is 13.2. The largest absolute Gasteiger partial charge is 0.441 e. The van der Waals surface area contributed by atoms with Gasteiger partial charge in [0.2, 0.25) is 5.60 Å². The van der Waals surface area contributed by atoms with E-state index in [1.54, 1.807) is 36.4 Å². The number of piperidine rings is 3. The minimum atomic E-state index is -1.93. The molecule has 3 saturated heterocycles. The Morgan fingerprint density at radius 3 is 2.22 bits per heavy atom. The van der Waals surface area contributed by atoms with Crippen LogP contribution in [-0.2, 0) is 15.1 Å². The Kier molecular flexibility index (Phi) is 5.24. The molecule has 0 spiro atoms. The summed E-state index contributed by atoms with van der Waals surface area (Å²) in [6.45, 7) is 1.60. The predicted octanol–water partition coefficient (Wildman–Crippen LogP) is 2.48. The SMILES string of the molecule is O=C(OC1C(O)C2CCN1CC2)C(O)(c1ccccc1)c1ccc(I)cc1. The number of hydrogen-bond donors (Lipinski definition) is 2. The van der Waals surface area contributed by atoms with E-state index >= 15 is 0 Å². The van der Waals surface area contributed by atoms with Crippen molar-refractivity contribution >= 4 is 28.6 Å². The van der Waals surface area contributed by atoms with E-state index in [9.17, 15) is 15.0 Å². The molecule has 0 radical (unpaired) electrons. The van der Waals surface area contributed by atoms with E-state index in [4.69, 9.17) is 4.74 Å². The van der Waals surface area contributed by atoms with Crippen LogP contribution < -0.4 is 0 Å². The Balaban J connectivity index is 1.68. The zero-order valence-electron chi connectivity index (χ0n) is 14.8. The molecule has 27 heavy (non-hydrogen) atoms. The summed E-state index contributed by atoms with van der Waals surface area (Å²) in [4.78, 5) is 15.2. The van der Waals surface area contributed by atoms with Crippen LogP contribution in [0.3, 0.4) is 0 Å². The van der Waals surface area contributed by atoms with E-state index in [1.807, 2.05) is 23.1 Å². The van der Waals surface area contributed by atoms with Crippen molar-refractivity contribution in [2.45, 2.75) is 30.8 Å². The van der Waals surface area contributed by atoms with Crippen LogP contribution in [-0.4, -0.2) is 46.5 Å². The van der Waals surface area contributed by atoms with Gasteiger partial charge in [-0.25, -0.2) is 4.79 Å². The second-order valence-corrected chi connectivity index (χ2v) is 8.49. The molecule has 0 aliphatic carbocycles. The van der Waals surface area contributed by atoms with Crippen LogP contribution in [0.25, 0.3) is 0 Å². The van der Waals surface area contributed by atoms with Crippen molar-refractivity contribution in [1.82, 2.24) is 4.90 Å². The molecule has 2 aromatic rings. The average molecular weight is 479 g/mol. The van der Waals surface area contributed by atoms with Gasteiger partial charge >= 0.3 is 5.97 Å². The van der Waals surface area contributed by atoms with Gasteiger partial charge in [0.05, 0.1) is 0 Å². The third-order valence-electron chi connectivity index (χ3n) is 5.69. The van der Waals surface area contributed by atoms with Gasteiger partial charge in [0.25, 0.3) is 0 Å². The van der Waals surface area contributed by atoms with Crippen molar-refractivity contribution in [3.05, 3.63) is 69.3 Å². The predicted molar refractivity (Wildman–Crippen MR) is 109 cm³/mol. The van der Waals surface area contributed by atoms with Gasteiger partial charge in [-0.1, -0.05) is 42.5 Å². The van der Waals surface area contributed by atoms with E-state index in [2.05, 4.69) is 22.6 Å². The van der Waals surface area contributed by atoms with Gasteiger partial charge < -0.3 is 14.9 Å². The quantitative estimate of drug-likeness (QED) is 0.521. The third kappa shape index (κ3) is 3.40. The highest BCUT2D eigenvalue weighted by Crippen LogP contribution is 2.36. The van der Waals surface area contributed by atoms with Crippen molar-refractivity contribution in [2.75, 3.05) is 13.1 Å². The molecule has 6 heteroatoms. The van der Waals surface area contributed by atoms with Crippen molar-refractivity contribution in [2.24, 2.45) is 5.92 Å². The van der Waals surface area contributed by atoms with Crippen LogP contribution in [0, 0.1) is 9.49 Å². The minimum absolute atomic E-state index is 0.149. The molecule has 142 valence electrons. The summed E-state index contributed by atoms with van der Waals surface area (Å²) in [7, 11) is 0. The number of carbonyl (C=O) groups is 1.